The maximum absolute atomic E-state index is 5.57. The second-order valence-corrected chi connectivity index (χ2v) is 18.6. The molecule has 3 heterocycles. The molecule has 14 aromatic rings. The Labute approximate surface area is 395 Å². The summed E-state index contributed by atoms with van der Waals surface area (Å²) in [5, 5.41) is 11.8. The van der Waals surface area contributed by atoms with Gasteiger partial charge in [0, 0.05) is 53.0 Å². The lowest BCUT2D eigenvalue weighted by atomic mass is 9.89. The molecule has 68 heavy (non-hydrogen) atoms. The van der Waals surface area contributed by atoms with Crippen molar-refractivity contribution in [3.8, 4) is 62.1 Å². The predicted molar refractivity (Wildman–Crippen MR) is 287 cm³/mol. The molecule has 14 rings (SSSR count). The monoisotopic (exact) mass is 882 g/mol. The van der Waals surface area contributed by atoms with Crippen LogP contribution in [0, 0.1) is 0 Å². The van der Waals surface area contributed by atoms with E-state index in [1.165, 1.54) is 47.1 Å². The Morgan fingerprint density at radius 3 is 1.72 bits per heavy atom. The van der Waals surface area contributed by atoms with Gasteiger partial charge in [-0.05, 0) is 104 Å². The maximum atomic E-state index is 5.57. The topological polar surface area (TPSA) is 43.6 Å². The summed E-state index contributed by atoms with van der Waals surface area (Å²) in [4.78, 5) is 16.5. The molecule has 0 bridgehead atoms. The van der Waals surface area contributed by atoms with Crippen molar-refractivity contribution in [2.45, 2.75) is 0 Å². The summed E-state index contributed by atoms with van der Waals surface area (Å²) in [5.41, 5.74) is 10.6. The minimum absolute atomic E-state index is 0.615. The number of fused-ring (bicyclic) bond motifs is 9. The van der Waals surface area contributed by atoms with Crippen LogP contribution >= 0.6 is 11.3 Å². The average Bonchev–Trinajstić information content (AvgIpc) is 3.94. The van der Waals surface area contributed by atoms with E-state index < -0.39 is 0 Å². The Hall–Kier alpha value is -8.77. The largest absolute Gasteiger partial charge is 0.309 e. The standard InChI is InChI=1S/C63H38N4S/c1-2-16-39(17-3-1)41-22-14-23-44(34-41)61-64-62(45-32-33-59-53(36-45)50-27-11-13-31-58(50)68-59)66-63(65-61)60-51-28-9-8-25-48(51)57(38-54(60)47-29-15-21-40-18-6-7-24-46(40)47)67-55-30-12-10-26-49(55)52-35-42-19-4-5-20-43(42)37-56(52)67/h1-38H. The molecule has 316 valence electrons. The van der Waals surface area contributed by atoms with Gasteiger partial charge >= 0.3 is 0 Å². The highest BCUT2D eigenvalue weighted by atomic mass is 32.1. The Morgan fingerprint density at radius 2 is 0.882 bits per heavy atom. The molecule has 0 unspecified atom stereocenters. The van der Waals surface area contributed by atoms with Crippen molar-refractivity contribution < 1.29 is 0 Å². The van der Waals surface area contributed by atoms with Crippen molar-refractivity contribution in [3.05, 3.63) is 231 Å². The molecular weight excluding hydrogens is 845 g/mol. The van der Waals surface area contributed by atoms with Crippen molar-refractivity contribution >= 4 is 85.6 Å². The number of hydrogen-bond donors (Lipinski definition) is 0. The zero-order valence-electron chi connectivity index (χ0n) is 36.6. The van der Waals surface area contributed by atoms with Gasteiger partial charge in [-0.15, -0.1) is 11.3 Å². The summed E-state index contributed by atoms with van der Waals surface area (Å²) in [5.74, 6) is 1.85. The summed E-state index contributed by atoms with van der Waals surface area (Å²) in [6.07, 6.45) is 0. The SMILES string of the molecule is c1ccc(-c2cccc(-c3nc(-c4ccc5sc6ccccc6c5c4)nc(-c4c(-c5cccc6ccccc56)cc(-n5c6ccccc6c6cc7ccccc7cc65)c5ccccc45)n3)c2)cc1. The van der Waals surface area contributed by atoms with Gasteiger partial charge in [0.05, 0.1) is 16.7 Å². The van der Waals surface area contributed by atoms with E-state index in [1.807, 2.05) is 11.3 Å². The van der Waals surface area contributed by atoms with E-state index in [0.717, 1.165) is 71.8 Å². The first-order valence-corrected chi connectivity index (χ1v) is 23.8. The molecule has 0 aliphatic rings. The summed E-state index contributed by atoms with van der Waals surface area (Å²) in [6, 6.07) is 83.0. The Morgan fingerprint density at radius 1 is 0.294 bits per heavy atom. The molecule has 0 saturated heterocycles. The molecule has 0 N–H and O–H groups in total. The minimum atomic E-state index is 0.615. The third kappa shape index (κ3) is 6.17. The first-order chi connectivity index (χ1) is 33.7. The number of nitrogens with zero attached hydrogens (tertiary/aromatic N) is 4. The van der Waals surface area contributed by atoms with E-state index in [9.17, 15) is 0 Å². The van der Waals surface area contributed by atoms with Crippen LogP contribution in [0.3, 0.4) is 0 Å². The first kappa shape index (κ1) is 38.5. The lowest BCUT2D eigenvalue weighted by Gasteiger charge is -2.20. The zero-order valence-corrected chi connectivity index (χ0v) is 37.5. The number of rotatable bonds is 6. The van der Waals surface area contributed by atoms with Crippen LogP contribution in [0.4, 0.5) is 0 Å². The molecule has 4 nitrogen and oxygen atoms in total. The summed E-state index contributed by atoms with van der Waals surface area (Å²) >= 11 is 1.81. The normalized spacial score (nSPS) is 11.8. The van der Waals surface area contributed by atoms with Gasteiger partial charge in [-0.3, -0.25) is 0 Å². The van der Waals surface area contributed by atoms with E-state index in [1.54, 1.807) is 0 Å². The van der Waals surface area contributed by atoms with Crippen molar-refractivity contribution in [1.82, 2.24) is 19.5 Å². The lowest BCUT2D eigenvalue weighted by Crippen LogP contribution is -2.04. The van der Waals surface area contributed by atoms with E-state index in [4.69, 9.17) is 15.0 Å². The van der Waals surface area contributed by atoms with Crippen LogP contribution in [0.2, 0.25) is 0 Å². The van der Waals surface area contributed by atoms with Crippen LogP contribution in [-0.4, -0.2) is 19.5 Å². The van der Waals surface area contributed by atoms with Gasteiger partial charge in [0.2, 0.25) is 0 Å². The van der Waals surface area contributed by atoms with Gasteiger partial charge in [-0.25, -0.2) is 15.0 Å². The van der Waals surface area contributed by atoms with E-state index in [0.29, 0.717) is 17.5 Å². The van der Waals surface area contributed by atoms with Gasteiger partial charge in [-0.2, -0.15) is 0 Å². The second-order valence-electron chi connectivity index (χ2n) is 17.5. The van der Waals surface area contributed by atoms with Crippen LogP contribution in [0.5, 0.6) is 0 Å². The van der Waals surface area contributed by atoms with Crippen LogP contribution in [0.1, 0.15) is 0 Å². The van der Waals surface area contributed by atoms with Crippen LogP contribution in [-0.2, 0) is 0 Å². The molecule has 0 spiro atoms. The average molecular weight is 883 g/mol. The number of thiophene rings is 1. The number of para-hydroxylation sites is 1. The predicted octanol–water partition coefficient (Wildman–Crippen LogP) is 17.1. The van der Waals surface area contributed by atoms with Crippen LogP contribution in [0.15, 0.2) is 231 Å². The van der Waals surface area contributed by atoms with Crippen LogP contribution < -0.4 is 0 Å². The number of hydrogen-bond acceptors (Lipinski definition) is 4. The smallest absolute Gasteiger partial charge is 0.165 e. The fourth-order valence-corrected chi connectivity index (χ4v) is 11.5. The van der Waals surface area contributed by atoms with E-state index >= 15 is 0 Å². The molecule has 0 atom stereocenters. The molecule has 0 aliphatic carbocycles. The zero-order chi connectivity index (χ0) is 44.7. The third-order valence-corrected chi connectivity index (χ3v) is 14.8. The van der Waals surface area contributed by atoms with Gasteiger partial charge in [0.15, 0.2) is 17.5 Å². The summed E-state index contributed by atoms with van der Waals surface area (Å²) < 4.78 is 4.97. The highest BCUT2D eigenvalue weighted by Crippen LogP contribution is 2.46. The van der Waals surface area contributed by atoms with Crippen molar-refractivity contribution in [1.29, 1.82) is 0 Å². The molecule has 0 amide bonds. The Bertz CT molecular complexity index is 4330. The maximum Gasteiger partial charge on any atom is 0.165 e. The Balaban J connectivity index is 1.10. The summed E-state index contributed by atoms with van der Waals surface area (Å²) in [6.45, 7) is 0. The Kier molecular flexibility index (Phi) is 8.73. The minimum Gasteiger partial charge on any atom is -0.309 e. The number of benzene rings is 11. The molecule has 11 aromatic carbocycles. The molecule has 5 heteroatoms. The van der Waals surface area contributed by atoms with Gasteiger partial charge < -0.3 is 4.57 Å². The second kappa shape index (κ2) is 15.4. The van der Waals surface area contributed by atoms with Crippen molar-refractivity contribution in [2.24, 2.45) is 0 Å². The van der Waals surface area contributed by atoms with Gasteiger partial charge in [0.25, 0.3) is 0 Å². The highest BCUT2D eigenvalue weighted by molar-refractivity contribution is 7.25. The fraction of sp³-hybridized carbons (Fsp3) is 0. The van der Waals surface area contributed by atoms with E-state index in [2.05, 4.69) is 235 Å². The van der Waals surface area contributed by atoms with Gasteiger partial charge in [0.1, 0.15) is 0 Å². The fourth-order valence-electron chi connectivity index (χ4n) is 10.4. The summed E-state index contributed by atoms with van der Waals surface area (Å²) in [7, 11) is 0. The van der Waals surface area contributed by atoms with Gasteiger partial charge in [-0.1, -0.05) is 176 Å². The molecule has 0 fully saturated rings. The van der Waals surface area contributed by atoms with E-state index in [-0.39, 0.29) is 0 Å². The molecule has 0 radical (unpaired) electrons. The first-order valence-electron chi connectivity index (χ1n) is 23.0. The molecule has 3 aromatic heterocycles. The molecule has 0 aliphatic heterocycles. The van der Waals surface area contributed by atoms with Crippen molar-refractivity contribution in [2.75, 3.05) is 0 Å². The lowest BCUT2D eigenvalue weighted by molar-refractivity contribution is 1.08. The number of aromatic nitrogens is 4. The molecular formula is C63H38N4S. The highest BCUT2D eigenvalue weighted by Gasteiger charge is 2.24. The third-order valence-electron chi connectivity index (χ3n) is 13.6. The molecule has 0 saturated carbocycles. The van der Waals surface area contributed by atoms with Crippen LogP contribution in [0.25, 0.3) is 136 Å². The quantitative estimate of drug-likeness (QED) is 0.167. The van der Waals surface area contributed by atoms with Crippen molar-refractivity contribution in [3.63, 3.8) is 0 Å².